The summed E-state index contributed by atoms with van der Waals surface area (Å²) in [5.41, 5.74) is 2.32. The summed E-state index contributed by atoms with van der Waals surface area (Å²) in [6, 6.07) is 16.4. The Morgan fingerprint density at radius 2 is 1.82 bits per heavy atom. The Morgan fingerprint density at radius 1 is 1.11 bits per heavy atom. The summed E-state index contributed by atoms with van der Waals surface area (Å²) in [6.07, 6.45) is 4.97. The lowest BCUT2D eigenvalue weighted by Crippen LogP contribution is -2.44. The van der Waals surface area contributed by atoms with Crippen LogP contribution in [0, 0.1) is 0 Å². The topological polar surface area (TPSA) is 58.6 Å². The van der Waals surface area contributed by atoms with Crippen molar-refractivity contribution in [1.29, 1.82) is 0 Å². The summed E-state index contributed by atoms with van der Waals surface area (Å²) in [6.45, 7) is 4.91. The van der Waals surface area contributed by atoms with Crippen LogP contribution in [0.25, 0.3) is 6.08 Å². The molecule has 28 heavy (non-hydrogen) atoms. The molecule has 144 valence electrons. The summed E-state index contributed by atoms with van der Waals surface area (Å²) in [4.78, 5) is 26.7. The first kappa shape index (κ1) is 19.4. The monoisotopic (exact) mass is 376 g/mol. The van der Waals surface area contributed by atoms with E-state index in [0.29, 0.717) is 18.7 Å². The zero-order valence-corrected chi connectivity index (χ0v) is 16.1. The van der Waals surface area contributed by atoms with Crippen molar-refractivity contribution in [3.8, 4) is 5.75 Å². The minimum atomic E-state index is -0.464. The second kappa shape index (κ2) is 9.04. The zero-order chi connectivity index (χ0) is 19.9. The molecule has 2 aromatic carbocycles. The number of ether oxygens (including phenoxy) is 1. The molecule has 1 aliphatic rings. The standard InChI is InChI=1S/C23H24N2O3/c1-3-25-16-20(22(24-23(25)27)18-8-6-5-7-9-18)21(26)15-12-17-10-13-19(14-11-17)28-4-2/h5-16,22H,3-4H2,1-2H3,(H,24,27)/b15-12+/t22-/m1/s1. The van der Waals surface area contributed by atoms with Crippen molar-refractivity contribution in [2.24, 2.45) is 0 Å². The SMILES string of the molecule is CCOc1ccc(/C=C/C(=O)C2=CN(CC)C(=O)N[C@@H]2c2ccccc2)cc1. The van der Waals surface area contributed by atoms with Gasteiger partial charge in [0.25, 0.3) is 0 Å². The van der Waals surface area contributed by atoms with E-state index in [1.165, 1.54) is 4.90 Å². The average molecular weight is 376 g/mol. The van der Waals surface area contributed by atoms with E-state index in [1.54, 1.807) is 18.4 Å². The summed E-state index contributed by atoms with van der Waals surface area (Å²) in [7, 11) is 0. The molecule has 2 aromatic rings. The van der Waals surface area contributed by atoms with Gasteiger partial charge in [-0.15, -0.1) is 0 Å². The summed E-state index contributed by atoms with van der Waals surface area (Å²) in [5, 5.41) is 2.93. The largest absolute Gasteiger partial charge is 0.494 e. The smallest absolute Gasteiger partial charge is 0.322 e. The number of urea groups is 1. The maximum absolute atomic E-state index is 12.9. The number of carbonyl (C=O) groups is 2. The van der Waals surface area contributed by atoms with Crippen LogP contribution in [0.5, 0.6) is 5.75 Å². The van der Waals surface area contributed by atoms with Gasteiger partial charge in [0.15, 0.2) is 5.78 Å². The van der Waals surface area contributed by atoms with Gasteiger partial charge in [-0.05, 0) is 43.2 Å². The van der Waals surface area contributed by atoms with Crippen molar-refractivity contribution in [2.45, 2.75) is 19.9 Å². The van der Waals surface area contributed by atoms with E-state index in [0.717, 1.165) is 16.9 Å². The quantitative estimate of drug-likeness (QED) is 0.732. The number of carbonyl (C=O) groups excluding carboxylic acids is 2. The third-order valence-electron chi connectivity index (χ3n) is 4.51. The van der Waals surface area contributed by atoms with Crippen molar-refractivity contribution in [3.63, 3.8) is 0 Å². The highest BCUT2D eigenvalue weighted by molar-refractivity contribution is 6.08. The van der Waals surface area contributed by atoms with E-state index in [4.69, 9.17) is 4.74 Å². The van der Waals surface area contributed by atoms with Crippen LogP contribution in [0.3, 0.4) is 0 Å². The predicted molar refractivity (Wildman–Crippen MR) is 110 cm³/mol. The number of hydrogen-bond acceptors (Lipinski definition) is 3. The Kier molecular flexibility index (Phi) is 6.27. The first-order valence-electron chi connectivity index (χ1n) is 9.41. The van der Waals surface area contributed by atoms with Crippen LogP contribution in [-0.4, -0.2) is 29.9 Å². The highest BCUT2D eigenvalue weighted by atomic mass is 16.5. The second-order valence-corrected chi connectivity index (χ2v) is 6.36. The Morgan fingerprint density at radius 3 is 2.46 bits per heavy atom. The molecule has 5 heteroatoms. The molecule has 0 saturated carbocycles. The maximum atomic E-state index is 12.9. The number of allylic oxidation sites excluding steroid dienone is 1. The lowest BCUT2D eigenvalue weighted by molar-refractivity contribution is -0.111. The zero-order valence-electron chi connectivity index (χ0n) is 16.1. The van der Waals surface area contributed by atoms with Crippen molar-refractivity contribution < 1.29 is 14.3 Å². The van der Waals surface area contributed by atoms with Gasteiger partial charge in [0.1, 0.15) is 5.75 Å². The van der Waals surface area contributed by atoms with Crippen LogP contribution in [0.1, 0.15) is 31.0 Å². The highest BCUT2D eigenvalue weighted by Crippen LogP contribution is 2.27. The molecule has 5 nitrogen and oxygen atoms in total. The molecule has 1 N–H and O–H groups in total. The van der Waals surface area contributed by atoms with Gasteiger partial charge in [-0.1, -0.05) is 48.5 Å². The molecule has 0 aliphatic carbocycles. The number of rotatable bonds is 7. The van der Waals surface area contributed by atoms with Gasteiger partial charge in [-0.3, -0.25) is 4.79 Å². The molecule has 0 radical (unpaired) electrons. The Bertz CT molecular complexity index is 886. The van der Waals surface area contributed by atoms with E-state index < -0.39 is 6.04 Å². The van der Waals surface area contributed by atoms with Gasteiger partial charge in [0.2, 0.25) is 0 Å². The third kappa shape index (κ3) is 4.49. The third-order valence-corrected chi connectivity index (χ3v) is 4.51. The number of nitrogens with one attached hydrogen (secondary N) is 1. The van der Waals surface area contributed by atoms with Gasteiger partial charge in [-0.25, -0.2) is 4.79 Å². The van der Waals surface area contributed by atoms with E-state index >= 15 is 0 Å². The number of ketones is 1. The maximum Gasteiger partial charge on any atom is 0.322 e. The summed E-state index contributed by atoms with van der Waals surface area (Å²) < 4.78 is 5.43. The fourth-order valence-electron chi connectivity index (χ4n) is 3.04. The first-order chi connectivity index (χ1) is 13.6. The van der Waals surface area contributed by atoms with Crippen LogP contribution < -0.4 is 10.1 Å². The van der Waals surface area contributed by atoms with Crippen molar-refractivity contribution >= 4 is 17.9 Å². The molecule has 0 bridgehead atoms. The van der Waals surface area contributed by atoms with Crippen LogP contribution in [0.15, 0.2) is 72.4 Å². The molecular formula is C23H24N2O3. The lowest BCUT2D eigenvalue weighted by Gasteiger charge is -2.31. The molecule has 3 rings (SSSR count). The number of amides is 2. The van der Waals surface area contributed by atoms with Crippen molar-refractivity contribution in [1.82, 2.24) is 10.2 Å². The lowest BCUT2D eigenvalue weighted by atomic mass is 9.94. The van der Waals surface area contributed by atoms with E-state index in [9.17, 15) is 9.59 Å². The minimum absolute atomic E-state index is 0.138. The summed E-state index contributed by atoms with van der Waals surface area (Å²) in [5.74, 6) is 0.660. The molecular weight excluding hydrogens is 352 g/mol. The molecule has 1 atom stereocenters. The molecule has 0 aromatic heterocycles. The van der Waals surface area contributed by atoms with Crippen molar-refractivity contribution in [2.75, 3.05) is 13.2 Å². The van der Waals surface area contributed by atoms with Crippen LogP contribution in [-0.2, 0) is 4.79 Å². The first-order valence-corrected chi connectivity index (χ1v) is 9.41. The van der Waals surface area contributed by atoms with E-state index in [2.05, 4.69) is 5.32 Å². The molecule has 1 aliphatic heterocycles. The van der Waals surface area contributed by atoms with E-state index in [-0.39, 0.29) is 11.8 Å². The van der Waals surface area contributed by atoms with Crippen molar-refractivity contribution in [3.05, 3.63) is 83.6 Å². The molecule has 0 fully saturated rings. The molecule has 0 unspecified atom stereocenters. The van der Waals surface area contributed by atoms with Crippen LogP contribution in [0.4, 0.5) is 4.79 Å². The Balaban J connectivity index is 1.84. The summed E-state index contributed by atoms with van der Waals surface area (Å²) >= 11 is 0. The van der Waals surface area contributed by atoms with Gasteiger partial charge < -0.3 is 15.0 Å². The molecule has 1 heterocycles. The number of benzene rings is 2. The number of hydrogen-bond donors (Lipinski definition) is 1. The average Bonchev–Trinajstić information content (AvgIpc) is 2.73. The van der Waals surface area contributed by atoms with Gasteiger partial charge in [0, 0.05) is 18.3 Å². The fourth-order valence-corrected chi connectivity index (χ4v) is 3.04. The normalized spacial score (nSPS) is 16.6. The van der Waals surface area contributed by atoms with Gasteiger partial charge in [0.05, 0.1) is 12.6 Å². The minimum Gasteiger partial charge on any atom is -0.494 e. The number of nitrogens with zero attached hydrogens (tertiary/aromatic N) is 1. The molecule has 0 saturated heterocycles. The Labute approximate surface area is 165 Å². The fraction of sp³-hybridized carbons (Fsp3) is 0.217. The predicted octanol–water partition coefficient (Wildman–Crippen LogP) is 4.34. The molecule has 2 amide bonds. The van der Waals surface area contributed by atoms with E-state index in [1.807, 2.05) is 68.4 Å². The molecule has 0 spiro atoms. The Hall–Kier alpha value is -3.34. The van der Waals surface area contributed by atoms with Gasteiger partial charge >= 0.3 is 6.03 Å². The second-order valence-electron chi connectivity index (χ2n) is 6.36. The van der Waals surface area contributed by atoms with Gasteiger partial charge in [-0.2, -0.15) is 0 Å². The van der Waals surface area contributed by atoms with Crippen LogP contribution in [0.2, 0.25) is 0 Å². The van der Waals surface area contributed by atoms with Crippen LogP contribution >= 0.6 is 0 Å². The highest BCUT2D eigenvalue weighted by Gasteiger charge is 2.30.